The number of carbonyl (C=O) groups is 1. The van der Waals surface area contributed by atoms with Gasteiger partial charge in [0.1, 0.15) is 29.2 Å². The Morgan fingerprint density at radius 1 is 1.17 bits per heavy atom. The molecule has 1 heterocycles. The summed E-state index contributed by atoms with van der Waals surface area (Å²) in [6.45, 7) is 3.84. The molecule has 0 saturated heterocycles. The predicted octanol–water partition coefficient (Wildman–Crippen LogP) is 5.94. The Morgan fingerprint density at radius 2 is 1.83 bits per heavy atom. The number of alkyl halides is 3. The van der Waals surface area contributed by atoms with E-state index in [2.05, 4.69) is 16.9 Å². The SMILES string of the molecule is C=CCOc1ccc(-c2cc(C(F)(F)F)c(C#N)c(SCC(=O)Nc3ccc(OC)cc3)n2)cc1. The third kappa shape index (κ3) is 6.77. The lowest BCUT2D eigenvalue weighted by atomic mass is 10.1. The molecule has 0 spiro atoms. The van der Waals surface area contributed by atoms with Crippen molar-refractivity contribution < 1.29 is 27.4 Å². The highest BCUT2D eigenvalue weighted by Gasteiger charge is 2.36. The first-order chi connectivity index (χ1) is 16.7. The fourth-order valence-electron chi connectivity index (χ4n) is 2.99. The van der Waals surface area contributed by atoms with Crippen LogP contribution in [0.1, 0.15) is 11.1 Å². The Hall–Kier alpha value is -3.97. The number of pyridine rings is 1. The minimum Gasteiger partial charge on any atom is -0.497 e. The summed E-state index contributed by atoms with van der Waals surface area (Å²) in [5.41, 5.74) is -0.835. The van der Waals surface area contributed by atoms with Crippen molar-refractivity contribution in [2.75, 3.05) is 24.8 Å². The molecule has 0 aliphatic carbocycles. The first-order valence-electron chi connectivity index (χ1n) is 10.2. The maximum atomic E-state index is 13.8. The highest BCUT2D eigenvalue weighted by atomic mass is 32.2. The summed E-state index contributed by atoms with van der Waals surface area (Å²) in [5.74, 6) is 0.414. The van der Waals surface area contributed by atoms with E-state index in [1.54, 1.807) is 60.7 Å². The first kappa shape index (κ1) is 25.6. The number of halogens is 3. The Balaban J connectivity index is 1.87. The quantitative estimate of drug-likeness (QED) is 0.290. The molecule has 10 heteroatoms. The van der Waals surface area contributed by atoms with Gasteiger partial charge in [0.25, 0.3) is 0 Å². The number of methoxy groups -OCH3 is 1. The maximum Gasteiger partial charge on any atom is 0.417 e. The standard InChI is InChI=1S/C25H20F3N3O3S/c1-3-12-34-19-8-4-16(5-9-19)22-13-21(25(26,27)28)20(14-29)24(31-22)35-15-23(32)30-17-6-10-18(33-2)11-7-17/h3-11,13H,1,12,15H2,2H3,(H,30,32). The van der Waals surface area contributed by atoms with Crippen molar-refractivity contribution in [3.05, 3.63) is 78.4 Å². The smallest absolute Gasteiger partial charge is 0.417 e. The molecule has 1 aromatic heterocycles. The van der Waals surface area contributed by atoms with Gasteiger partial charge in [0.2, 0.25) is 5.91 Å². The van der Waals surface area contributed by atoms with Crippen molar-refractivity contribution in [1.82, 2.24) is 4.98 Å². The molecule has 6 nitrogen and oxygen atoms in total. The van der Waals surface area contributed by atoms with Gasteiger partial charge >= 0.3 is 6.18 Å². The fourth-order valence-corrected chi connectivity index (χ4v) is 3.79. The molecule has 180 valence electrons. The lowest BCUT2D eigenvalue weighted by molar-refractivity contribution is -0.138. The van der Waals surface area contributed by atoms with E-state index in [0.29, 0.717) is 22.7 Å². The van der Waals surface area contributed by atoms with Gasteiger partial charge in [-0.25, -0.2) is 4.98 Å². The van der Waals surface area contributed by atoms with Gasteiger partial charge < -0.3 is 14.8 Å². The third-order valence-corrected chi connectivity index (χ3v) is 5.61. The molecule has 0 fully saturated rings. The van der Waals surface area contributed by atoms with Gasteiger partial charge in [-0.1, -0.05) is 24.4 Å². The Morgan fingerprint density at radius 3 is 2.40 bits per heavy atom. The zero-order valence-corrected chi connectivity index (χ0v) is 19.4. The molecular formula is C25H20F3N3O3S. The molecule has 1 amide bonds. The number of ether oxygens (including phenoxy) is 2. The van der Waals surface area contributed by atoms with Gasteiger partial charge in [0.15, 0.2) is 0 Å². The van der Waals surface area contributed by atoms with E-state index in [1.165, 1.54) is 7.11 Å². The van der Waals surface area contributed by atoms with Gasteiger partial charge in [-0.05, 0) is 54.6 Å². The number of rotatable bonds is 9. The van der Waals surface area contributed by atoms with Crippen LogP contribution in [0.5, 0.6) is 11.5 Å². The molecule has 3 aromatic rings. The molecule has 0 unspecified atom stereocenters. The van der Waals surface area contributed by atoms with Crippen molar-refractivity contribution in [2.45, 2.75) is 11.2 Å². The number of hydrogen-bond donors (Lipinski definition) is 1. The molecule has 0 aliphatic rings. The molecule has 0 atom stereocenters. The first-order valence-corrected chi connectivity index (χ1v) is 11.2. The second kappa shape index (κ2) is 11.4. The van der Waals surface area contributed by atoms with E-state index < -0.39 is 23.2 Å². The van der Waals surface area contributed by atoms with Crippen LogP contribution in [0.2, 0.25) is 0 Å². The van der Waals surface area contributed by atoms with E-state index in [4.69, 9.17) is 9.47 Å². The van der Waals surface area contributed by atoms with Crippen molar-refractivity contribution in [3.8, 4) is 28.8 Å². The zero-order chi connectivity index (χ0) is 25.4. The van der Waals surface area contributed by atoms with Gasteiger partial charge in [0.05, 0.1) is 29.7 Å². The Labute approximate surface area is 204 Å². The molecule has 0 saturated carbocycles. The van der Waals surface area contributed by atoms with Crippen LogP contribution in [-0.4, -0.2) is 30.4 Å². The number of benzene rings is 2. The molecule has 0 aliphatic heterocycles. The van der Waals surface area contributed by atoms with Crippen LogP contribution in [0.3, 0.4) is 0 Å². The molecule has 35 heavy (non-hydrogen) atoms. The number of carbonyl (C=O) groups excluding carboxylic acids is 1. The lowest BCUT2D eigenvalue weighted by Crippen LogP contribution is -2.15. The van der Waals surface area contributed by atoms with E-state index >= 15 is 0 Å². The summed E-state index contributed by atoms with van der Waals surface area (Å²) in [5, 5.41) is 11.9. The number of amides is 1. The average Bonchev–Trinajstić information content (AvgIpc) is 2.85. The van der Waals surface area contributed by atoms with E-state index in [0.717, 1.165) is 17.8 Å². The number of nitrogens with one attached hydrogen (secondary N) is 1. The van der Waals surface area contributed by atoms with Gasteiger partial charge in [-0.3, -0.25) is 4.79 Å². The highest BCUT2D eigenvalue weighted by molar-refractivity contribution is 8.00. The van der Waals surface area contributed by atoms with Crippen molar-refractivity contribution in [2.24, 2.45) is 0 Å². The van der Waals surface area contributed by atoms with Crippen molar-refractivity contribution >= 4 is 23.4 Å². The molecule has 2 aromatic carbocycles. The summed E-state index contributed by atoms with van der Waals surface area (Å²) in [6, 6.07) is 15.3. The van der Waals surface area contributed by atoms with Crippen LogP contribution in [0.25, 0.3) is 11.3 Å². The summed E-state index contributed by atoms with van der Waals surface area (Å²) < 4.78 is 51.7. The molecule has 0 bridgehead atoms. The topological polar surface area (TPSA) is 84.2 Å². The molecule has 3 rings (SSSR count). The van der Waals surface area contributed by atoms with E-state index in [9.17, 15) is 23.2 Å². The Kier molecular flexibility index (Phi) is 8.39. The van der Waals surface area contributed by atoms with E-state index in [-0.39, 0.29) is 23.1 Å². The number of anilines is 1. The normalized spacial score (nSPS) is 10.8. The fraction of sp³-hybridized carbons (Fsp3) is 0.160. The lowest BCUT2D eigenvalue weighted by Gasteiger charge is -2.14. The molecule has 0 radical (unpaired) electrons. The second-order valence-electron chi connectivity index (χ2n) is 7.03. The summed E-state index contributed by atoms with van der Waals surface area (Å²) in [4.78, 5) is 16.7. The van der Waals surface area contributed by atoms with Crippen molar-refractivity contribution in [1.29, 1.82) is 5.26 Å². The minimum absolute atomic E-state index is 0.0182. The van der Waals surface area contributed by atoms with E-state index in [1.807, 2.05) is 0 Å². The Bertz CT molecular complexity index is 1240. The van der Waals surface area contributed by atoms with Gasteiger partial charge in [-0.15, -0.1) is 0 Å². The largest absolute Gasteiger partial charge is 0.497 e. The van der Waals surface area contributed by atoms with Crippen LogP contribution in [0.4, 0.5) is 18.9 Å². The summed E-state index contributed by atoms with van der Waals surface area (Å²) in [7, 11) is 1.51. The highest BCUT2D eigenvalue weighted by Crippen LogP contribution is 2.38. The average molecular weight is 500 g/mol. The van der Waals surface area contributed by atoms with Crippen LogP contribution in [-0.2, 0) is 11.0 Å². The van der Waals surface area contributed by atoms with Crippen LogP contribution >= 0.6 is 11.8 Å². The number of hydrogen-bond acceptors (Lipinski definition) is 6. The van der Waals surface area contributed by atoms with Crippen LogP contribution < -0.4 is 14.8 Å². The number of nitriles is 1. The zero-order valence-electron chi connectivity index (χ0n) is 18.6. The summed E-state index contributed by atoms with van der Waals surface area (Å²) >= 11 is 0.754. The van der Waals surface area contributed by atoms with Crippen molar-refractivity contribution in [3.63, 3.8) is 0 Å². The molecule has 1 N–H and O–H groups in total. The van der Waals surface area contributed by atoms with Gasteiger partial charge in [0, 0.05) is 11.3 Å². The minimum atomic E-state index is -4.78. The predicted molar refractivity (Wildman–Crippen MR) is 127 cm³/mol. The monoisotopic (exact) mass is 499 g/mol. The molecular weight excluding hydrogens is 479 g/mol. The maximum absolute atomic E-state index is 13.8. The third-order valence-electron chi connectivity index (χ3n) is 4.64. The number of thioether (sulfide) groups is 1. The van der Waals surface area contributed by atoms with Crippen LogP contribution in [0, 0.1) is 11.3 Å². The number of nitrogens with zero attached hydrogens (tertiary/aromatic N) is 2. The van der Waals surface area contributed by atoms with Gasteiger partial charge in [-0.2, -0.15) is 18.4 Å². The van der Waals surface area contributed by atoms with Crippen LogP contribution in [0.15, 0.2) is 72.3 Å². The summed E-state index contributed by atoms with van der Waals surface area (Å²) in [6.07, 6.45) is -3.21. The number of aromatic nitrogens is 1. The second-order valence-corrected chi connectivity index (χ2v) is 8.00.